The van der Waals surface area contributed by atoms with Gasteiger partial charge in [0.2, 0.25) is 0 Å². The maximum absolute atomic E-state index is 12.2. The van der Waals surface area contributed by atoms with Crippen molar-refractivity contribution in [2.24, 2.45) is 10.8 Å². The summed E-state index contributed by atoms with van der Waals surface area (Å²) in [6, 6.07) is 0. The summed E-state index contributed by atoms with van der Waals surface area (Å²) >= 11 is 0. The average Bonchev–Trinajstić information content (AvgIpc) is 3.15. The highest BCUT2D eigenvalue weighted by Crippen LogP contribution is 2.42. The first-order valence-corrected chi connectivity index (χ1v) is 23.8. The van der Waals surface area contributed by atoms with Crippen molar-refractivity contribution in [3.8, 4) is 0 Å². The normalized spacial score (nSPS) is 19.0. The Bertz CT molecular complexity index is 1570. The Morgan fingerprint density at radius 1 is 0.610 bits per heavy atom. The van der Waals surface area contributed by atoms with Crippen LogP contribution in [0.1, 0.15) is 204 Å². The molecule has 330 valence electrons. The number of hydrogen-bond donors (Lipinski definition) is 1. The van der Waals surface area contributed by atoms with Crippen LogP contribution in [0.2, 0.25) is 0 Å². The van der Waals surface area contributed by atoms with Gasteiger partial charge >= 0.3 is 5.97 Å². The molecule has 1 N–H and O–H groups in total. The number of esters is 1. The molecule has 0 aromatic rings. The second-order valence-electron chi connectivity index (χ2n) is 19.3. The Kier molecular flexibility index (Phi) is 25.7. The topological polar surface area (TPSA) is 46.5 Å². The van der Waals surface area contributed by atoms with Gasteiger partial charge < -0.3 is 9.84 Å². The van der Waals surface area contributed by atoms with E-state index in [1.807, 2.05) is 19.1 Å². The van der Waals surface area contributed by atoms with E-state index >= 15 is 0 Å². The molecule has 2 aliphatic carbocycles. The van der Waals surface area contributed by atoms with E-state index in [-0.39, 0.29) is 22.9 Å². The molecule has 0 saturated carbocycles. The van der Waals surface area contributed by atoms with Crippen molar-refractivity contribution in [3.05, 3.63) is 117 Å². The number of ether oxygens (including phenoxy) is 1. The minimum Gasteiger partial charge on any atom is -0.461 e. The molecule has 0 fully saturated rings. The van der Waals surface area contributed by atoms with Crippen LogP contribution in [0.5, 0.6) is 0 Å². The van der Waals surface area contributed by atoms with Gasteiger partial charge in [0.1, 0.15) is 6.61 Å². The van der Waals surface area contributed by atoms with Crippen LogP contribution in [-0.4, -0.2) is 23.8 Å². The zero-order valence-corrected chi connectivity index (χ0v) is 39.8. The van der Waals surface area contributed by atoms with Crippen LogP contribution in [0, 0.1) is 10.8 Å². The van der Waals surface area contributed by atoms with Crippen molar-refractivity contribution in [1.29, 1.82) is 0 Å². The van der Waals surface area contributed by atoms with E-state index in [0.29, 0.717) is 13.0 Å². The standard InChI is InChI=1S/C56H88O3/c1-45(36-38-52-49(5)32-26-41-55(52,7)8)28-24-30-47(3)40-43-59-54(58)35-23-21-19-17-15-13-11-12-14-16-18-20-22-34-51(57)44-48(4)31-25-29-46(2)37-39-53-50(6)33-27-42-56(53,9)10/h24-25,28-31,36-40,44,51,57H,11-23,26-27,32-35,41-43H2,1-10H3. The number of allylic oxidation sites excluding steroid dienone is 18. The van der Waals surface area contributed by atoms with Crippen LogP contribution < -0.4 is 0 Å². The van der Waals surface area contributed by atoms with Crippen molar-refractivity contribution in [2.45, 2.75) is 210 Å². The van der Waals surface area contributed by atoms with Gasteiger partial charge in [-0.15, -0.1) is 0 Å². The van der Waals surface area contributed by atoms with Crippen molar-refractivity contribution in [3.63, 3.8) is 0 Å². The van der Waals surface area contributed by atoms with Crippen molar-refractivity contribution < 1.29 is 14.6 Å². The average molecular weight is 809 g/mol. The van der Waals surface area contributed by atoms with Crippen molar-refractivity contribution in [1.82, 2.24) is 0 Å². The first-order chi connectivity index (χ1) is 28.1. The molecule has 1 unspecified atom stereocenters. The summed E-state index contributed by atoms with van der Waals surface area (Å²) in [7, 11) is 0. The molecular formula is C56H88O3. The number of unbranched alkanes of at least 4 members (excludes halogenated alkanes) is 12. The fraction of sp³-hybridized carbons (Fsp3) is 0.625. The molecule has 0 aromatic heterocycles. The van der Waals surface area contributed by atoms with Gasteiger partial charge in [-0.3, -0.25) is 4.79 Å². The summed E-state index contributed by atoms with van der Waals surface area (Å²) in [4.78, 5) is 12.2. The third kappa shape index (κ3) is 23.4. The lowest BCUT2D eigenvalue weighted by Gasteiger charge is -2.33. The quantitative estimate of drug-likeness (QED) is 0.0511. The zero-order valence-electron chi connectivity index (χ0n) is 39.8. The summed E-state index contributed by atoms with van der Waals surface area (Å²) in [5, 5.41) is 10.5. The van der Waals surface area contributed by atoms with E-state index in [9.17, 15) is 9.90 Å². The Morgan fingerprint density at radius 2 is 1.03 bits per heavy atom. The molecule has 0 spiro atoms. The third-order valence-electron chi connectivity index (χ3n) is 12.5. The Hall–Kier alpha value is -3.17. The SMILES string of the molecule is CC(C=CC1=C(C)CCCC1(C)C)=CC=CC(C)=CCOC(=O)CCCCCCCCCCCCCCCC(O)C=C(C)C=CC=C(C)C=CC1=C(C)CCCC1(C)C. The van der Waals surface area contributed by atoms with Gasteiger partial charge in [0.25, 0.3) is 0 Å². The first kappa shape index (κ1) is 52.0. The second-order valence-corrected chi connectivity index (χ2v) is 19.3. The summed E-state index contributed by atoms with van der Waals surface area (Å²) in [5.74, 6) is -0.0882. The molecular weight excluding hydrogens is 721 g/mol. The molecule has 0 aromatic carbocycles. The van der Waals surface area contributed by atoms with E-state index < -0.39 is 0 Å². The van der Waals surface area contributed by atoms with Gasteiger partial charge in [-0.2, -0.15) is 0 Å². The van der Waals surface area contributed by atoms with E-state index in [1.54, 1.807) is 0 Å². The largest absolute Gasteiger partial charge is 0.461 e. The minimum absolute atomic E-state index is 0.0882. The lowest BCUT2D eigenvalue weighted by molar-refractivity contribution is -0.142. The third-order valence-corrected chi connectivity index (χ3v) is 12.5. The van der Waals surface area contributed by atoms with Crippen LogP contribution in [-0.2, 0) is 9.53 Å². The van der Waals surface area contributed by atoms with Gasteiger partial charge in [0, 0.05) is 6.42 Å². The predicted octanol–water partition coefficient (Wildman–Crippen LogP) is 16.8. The number of rotatable bonds is 27. The van der Waals surface area contributed by atoms with Crippen molar-refractivity contribution >= 4 is 5.97 Å². The molecule has 0 bridgehead atoms. The minimum atomic E-state index is -0.362. The Balaban J connectivity index is 1.43. The fourth-order valence-electron chi connectivity index (χ4n) is 8.68. The number of aliphatic hydroxyl groups excluding tert-OH is 1. The van der Waals surface area contributed by atoms with Crippen LogP contribution in [0.4, 0.5) is 0 Å². The molecule has 0 saturated heterocycles. The molecule has 1 atom stereocenters. The monoisotopic (exact) mass is 809 g/mol. The van der Waals surface area contributed by atoms with Gasteiger partial charge in [-0.25, -0.2) is 0 Å². The van der Waals surface area contributed by atoms with E-state index in [1.165, 1.54) is 136 Å². The van der Waals surface area contributed by atoms with Crippen LogP contribution >= 0.6 is 0 Å². The summed E-state index contributed by atoms with van der Waals surface area (Å²) in [6.07, 6.45) is 50.2. The Morgan fingerprint density at radius 3 is 1.49 bits per heavy atom. The molecule has 0 amide bonds. The molecule has 0 heterocycles. The summed E-state index contributed by atoms with van der Waals surface area (Å²) < 4.78 is 5.45. The molecule has 3 nitrogen and oxygen atoms in total. The van der Waals surface area contributed by atoms with Crippen LogP contribution in [0.15, 0.2) is 117 Å². The summed E-state index contributed by atoms with van der Waals surface area (Å²) in [5.41, 5.74) is 11.3. The number of carbonyl (C=O) groups excluding carboxylic acids is 1. The molecule has 2 rings (SSSR count). The highest BCUT2D eigenvalue weighted by molar-refractivity contribution is 5.69. The molecule has 0 aliphatic heterocycles. The molecule has 59 heavy (non-hydrogen) atoms. The summed E-state index contributed by atoms with van der Waals surface area (Å²) in [6.45, 7) is 22.8. The fourth-order valence-corrected chi connectivity index (χ4v) is 8.68. The van der Waals surface area contributed by atoms with E-state index in [0.717, 1.165) is 36.8 Å². The van der Waals surface area contributed by atoms with Gasteiger partial charge in [-0.1, -0.05) is 205 Å². The molecule has 2 aliphatic rings. The maximum Gasteiger partial charge on any atom is 0.306 e. The predicted molar refractivity (Wildman–Crippen MR) is 258 cm³/mol. The van der Waals surface area contributed by atoms with E-state index in [4.69, 9.17) is 4.74 Å². The van der Waals surface area contributed by atoms with Crippen molar-refractivity contribution in [2.75, 3.05) is 6.61 Å². The number of hydrogen-bond acceptors (Lipinski definition) is 3. The lowest BCUT2D eigenvalue weighted by atomic mass is 9.72. The van der Waals surface area contributed by atoms with Crippen LogP contribution in [0.25, 0.3) is 0 Å². The second kappa shape index (κ2) is 29.1. The van der Waals surface area contributed by atoms with Gasteiger partial charge in [0.15, 0.2) is 0 Å². The molecule has 3 heteroatoms. The Labute approximate surface area is 364 Å². The molecule has 0 radical (unpaired) electrons. The maximum atomic E-state index is 12.2. The number of aliphatic hydroxyl groups is 1. The van der Waals surface area contributed by atoms with Gasteiger partial charge in [-0.05, 0) is 121 Å². The zero-order chi connectivity index (χ0) is 43.5. The highest BCUT2D eigenvalue weighted by atomic mass is 16.5. The van der Waals surface area contributed by atoms with Gasteiger partial charge in [0.05, 0.1) is 6.10 Å². The highest BCUT2D eigenvalue weighted by Gasteiger charge is 2.27. The smallest absolute Gasteiger partial charge is 0.306 e. The van der Waals surface area contributed by atoms with Crippen LogP contribution in [0.3, 0.4) is 0 Å². The first-order valence-electron chi connectivity index (χ1n) is 23.8. The van der Waals surface area contributed by atoms with E-state index in [2.05, 4.69) is 123 Å². The lowest BCUT2D eigenvalue weighted by Crippen LogP contribution is -2.19. The number of carbonyl (C=O) groups is 1.